The van der Waals surface area contributed by atoms with Gasteiger partial charge in [0.1, 0.15) is 17.6 Å². The number of nitrogens with zero attached hydrogens (tertiary/aromatic N) is 1. The number of hydrogen-bond acceptors (Lipinski definition) is 14. The van der Waals surface area contributed by atoms with E-state index in [9.17, 15) is 19.3 Å². The number of carbonyl (C=O) groups excluding carboxylic acids is 2. The van der Waals surface area contributed by atoms with E-state index >= 15 is 0 Å². The maximum Gasteiger partial charge on any atom is 0.407 e. The fourth-order valence-electron chi connectivity index (χ4n) is 6.63. The molecule has 0 bridgehead atoms. The van der Waals surface area contributed by atoms with Gasteiger partial charge in [0.2, 0.25) is 0 Å². The molecule has 0 aromatic heterocycles. The lowest BCUT2D eigenvalue weighted by atomic mass is 10.00. The highest BCUT2D eigenvalue weighted by molar-refractivity contribution is 7.97. The summed E-state index contributed by atoms with van der Waals surface area (Å²) in [4.78, 5) is 26.6. The van der Waals surface area contributed by atoms with Gasteiger partial charge in [0, 0.05) is 31.1 Å². The van der Waals surface area contributed by atoms with Gasteiger partial charge in [-0.05, 0) is 92.1 Å². The number of ether oxygens (including phenoxy) is 5. The minimum Gasteiger partial charge on any atom is -0.497 e. The van der Waals surface area contributed by atoms with Crippen LogP contribution in [0.3, 0.4) is 0 Å². The van der Waals surface area contributed by atoms with Gasteiger partial charge in [-0.15, -0.1) is 0 Å². The lowest BCUT2D eigenvalue weighted by molar-refractivity contribution is -0.150. The lowest BCUT2D eigenvalue weighted by Gasteiger charge is -2.30. The molecule has 3 aromatic rings. The van der Waals surface area contributed by atoms with Crippen molar-refractivity contribution in [3.63, 3.8) is 0 Å². The fraction of sp³-hybridized carbons (Fsp3) is 0.524. The highest BCUT2D eigenvalue weighted by Crippen LogP contribution is 2.49. The zero-order valence-corrected chi connectivity index (χ0v) is 35.7. The van der Waals surface area contributed by atoms with Crippen LogP contribution in [0.5, 0.6) is 11.5 Å². The number of aliphatic hydroxyl groups is 1. The average molecular weight is 844 g/mol. The number of carbonyl (C=O) groups is 2. The first kappa shape index (κ1) is 45.4. The first-order valence-corrected chi connectivity index (χ1v) is 22.4. The smallest absolute Gasteiger partial charge is 0.407 e. The van der Waals surface area contributed by atoms with E-state index < -0.39 is 44.0 Å². The molecular formula is C42H58N3O11PS. The molecule has 318 valence electrons. The third kappa shape index (κ3) is 14.3. The van der Waals surface area contributed by atoms with Crippen LogP contribution in [0.4, 0.5) is 4.79 Å². The third-order valence-corrected chi connectivity index (χ3v) is 12.5. The molecule has 5 rings (SSSR count). The van der Waals surface area contributed by atoms with E-state index in [1.165, 1.54) is 6.92 Å². The van der Waals surface area contributed by atoms with Crippen LogP contribution in [0.15, 0.2) is 83.8 Å². The van der Waals surface area contributed by atoms with Crippen molar-refractivity contribution >= 4 is 31.6 Å². The van der Waals surface area contributed by atoms with Crippen molar-refractivity contribution in [2.75, 3.05) is 52.7 Å². The highest BCUT2D eigenvalue weighted by atomic mass is 32.2. The summed E-state index contributed by atoms with van der Waals surface area (Å²) in [5, 5.41) is 18.0. The van der Waals surface area contributed by atoms with Crippen molar-refractivity contribution in [2.45, 2.75) is 82.6 Å². The third-order valence-electron chi connectivity index (χ3n) is 9.56. The highest BCUT2D eigenvalue weighted by Gasteiger charge is 2.44. The van der Waals surface area contributed by atoms with Crippen molar-refractivity contribution in [3.8, 4) is 11.5 Å². The quantitative estimate of drug-likeness (QED) is 0.0413. The summed E-state index contributed by atoms with van der Waals surface area (Å²) in [6, 6.07) is 23.6. The molecule has 2 aliphatic rings. The number of methoxy groups -OCH3 is 1. The Morgan fingerprint density at radius 1 is 0.966 bits per heavy atom. The van der Waals surface area contributed by atoms with Crippen LogP contribution in [-0.4, -0.2) is 105 Å². The van der Waals surface area contributed by atoms with E-state index in [2.05, 4.69) is 28.8 Å². The number of fused-ring (bicyclic) bond motifs is 1. The largest absolute Gasteiger partial charge is 0.497 e. The molecule has 3 aromatic carbocycles. The van der Waals surface area contributed by atoms with Gasteiger partial charge in [0.05, 0.1) is 51.2 Å². The number of benzene rings is 3. The first-order valence-electron chi connectivity index (χ1n) is 19.9. The summed E-state index contributed by atoms with van der Waals surface area (Å²) in [7, 11) is -2.12. The number of para-hydroxylation sites is 1. The lowest BCUT2D eigenvalue weighted by Crippen LogP contribution is -2.50. The summed E-state index contributed by atoms with van der Waals surface area (Å²) >= 11 is 1.55. The van der Waals surface area contributed by atoms with Crippen LogP contribution >= 0.6 is 19.5 Å². The summed E-state index contributed by atoms with van der Waals surface area (Å²) in [6.07, 6.45) is -2.29. The average Bonchev–Trinajstić information content (AvgIpc) is 3.82. The number of hydrogen-bond donors (Lipinski definition) is 3. The molecule has 0 radical (unpaired) electrons. The number of amides is 1. The van der Waals surface area contributed by atoms with Gasteiger partial charge < -0.3 is 43.9 Å². The van der Waals surface area contributed by atoms with E-state index in [1.807, 2.05) is 54.6 Å². The molecule has 2 fully saturated rings. The first-order chi connectivity index (χ1) is 27.9. The van der Waals surface area contributed by atoms with Crippen LogP contribution in [0.25, 0.3) is 0 Å². The van der Waals surface area contributed by atoms with Crippen molar-refractivity contribution in [1.29, 1.82) is 0 Å². The van der Waals surface area contributed by atoms with Crippen LogP contribution < -0.4 is 19.9 Å². The molecule has 14 nitrogen and oxygen atoms in total. The van der Waals surface area contributed by atoms with Crippen molar-refractivity contribution < 1.29 is 52.0 Å². The summed E-state index contributed by atoms with van der Waals surface area (Å²) in [5.41, 5.74) is 1.86. The van der Waals surface area contributed by atoms with E-state index in [4.69, 9.17) is 32.7 Å². The number of esters is 1. The molecule has 16 heteroatoms. The number of rotatable bonds is 23. The summed E-state index contributed by atoms with van der Waals surface area (Å²) < 4.78 is 54.9. The predicted octanol–water partition coefficient (Wildman–Crippen LogP) is 6.45. The Bertz CT molecular complexity index is 1760. The molecule has 0 spiro atoms. The van der Waals surface area contributed by atoms with E-state index in [1.54, 1.807) is 50.2 Å². The second-order valence-corrected chi connectivity index (χ2v) is 18.0. The normalized spacial score (nSPS) is 20.2. The molecule has 3 N–H and O–H groups in total. The van der Waals surface area contributed by atoms with Gasteiger partial charge in [-0.3, -0.25) is 4.52 Å². The van der Waals surface area contributed by atoms with Gasteiger partial charge in [-0.25, -0.2) is 18.5 Å². The molecule has 0 saturated carbocycles. The number of aliphatic hydroxyl groups excluding tert-OH is 1. The molecule has 2 heterocycles. The molecule has 2 saturated heterocycles. The number of nitrogens with one attached hydrogen (secondary N) is 2. The monoisotopic (exact) mass is 843 g/mol. The van der Waals surface area contributed by atoms with Gasteiger partial charge in [-0.2, -0.15) is 0 Å². The standard InChI is InChI=1S/C42H58N3O11PS/c1-6-51-40(47)30(4)55-57(49,56-34-10-8-7-9-11-34)23-21-43-25-32-14-12-31(13-15-32)24-37(44-42(48)54-39-28-53-41-36(39)20-22-52-41)38(46)27-45(26-29(2)3)58-35-18-16-33(50-5)17-19-35/h7-19,29-30,36-39,41,43,46H,6,20-28H2,1-5H3,(H,44,48)/t30-,36?,37-,38+,39-,41?,57?/m0/s1. The molecule has 58 heavy (non-hydrogen) atoms. The van der Waals surface area contributed by atoms with Crippen LogP contribution in [0.1, 0.15) is 45.2 Å². The predicted molar refractivity (Wildman–Crippen MR) is 221 cm³/mol. The summed E-state index contributed by atoms with van der Waals surface area (Å²) in [6.45, 7) is 10.2. The zero-order chi connectivity index (χ0) is 41.5. The molecular weight excluding hydrogens is 786 g/mol. The van der Waals surface area contributed by atoms with Crippen LogP contribution in [-0.2, 0) is 45.8 Å². The van der Waals surface area contributed by atoms with Gasteiger partial charge in [-0.1, -0.05) is 56.3 Å². The Morgan fingerprint density at radius 2 is 1.69 bits per heavy atom. The van der Waals surface area contributed by atoms with Crippen molar-refractivity contribution in [2.24, 2.45) is 11.8 Å². The molecule has 3 unspecified atom stereocenters. The Labute approximate surface area is 346 Å². The Balaban J connectivity index is 1.21. The molecule has 7 atom stereocenters. The topological polar surface area (TPSA) is 163 Å². The zero-order valence-electron chi connectivity index (χ0n) is 34.0. The SMILES string of the molecule is CCOC(=O)[C@H](C)OP(=O)(CCNCc1ccc(C[C@H](NC(=O)O[C@H]2COC3OCCC32)[C@H](O)CN(CC(C)C)Sc2ccc(OC)cc2)cc1)Oc1ccccc1. The van der Waals surface area contributed by atoms with Gasteiger partial charge in [0.15, 0.2) is 12.4 Å². The second-order valence-electron chi connectivity index (χ2n) is 14.7. The van der Waals surface area contributed by atoms with Crippen LogP contribution in [0, 0.1) is 11.8 Å². The minimum absolute atomic E-state index is 0.0110. The Morgan fingerprint density at radius 3 is 2.38 bits per heavy atom. The second kappa shape index (κ2) is 22.6. The van der Waals surface area contributed by atoms with Gasteiger partial charge >= 0.3 is 19.7 Å². The molecule has 0 aliphatic carbocycles. The van der Waals surface area contributed by atoms with E-state index in [0.29, 0.717) is 37.8 Å². The summed E-state index contributed by atoms with van der Waals surface area (Å²) in [5.74, 6) is 0.830. The Hall–Kier alpha value is -3.66. The molecule has 1 amide bonds. The Kier molecular flexibility index (Phi) is 17.7. The van der Waals surface area contributed by atoms with E-state index in [-0.39, 0.29) is 44.7 Å². The van der Waals surface area contributed by atoms with Crippen molar-refractivity contribution in [3.05, 3.63) is 90.0 Å². The maximum absolute atomic E-state index is 13.8. The maximum atomic E-state index is 13.8. The van der Waals surface area contributed by atoms with E-state index in [0.717, 1.165) is 28.2 Å². The van der Waals surface area contributed by atoms with Crippen LogP contribution in [0.2, 0.25) is 0 Å². The fourth-order valence-corrected chi connectivity index (χ4v) is 9.47. The minimum atomic E-state index is -3.75. The number of alkyl carbamates (subject to hydrolysis) is 1. The van der Waals surface area contributed by atoms with Gasteiger partial charge in [0.25, 0.3) is 0 Å². The van der Waals surface area contributed by atoms with Crippen molar-refractivity contribution in [1.82, 2.24) is 14.9 Å². The molecule has 2 aliphatic heterocycles.